The summed E-state index contributed by atoms with van der Waals surface area (Å²) in [5.74, 6) is -1.38. The first kappa shape index (κ1) is 36.6. The molecule has 0 saturated heterocycles. The van der Waals surface area contributed by atoms with Crippen molar-refractivity contribution in [1.29, 1.82) is 0 Å². The van der Waals surface area contributed by atoms with Crippen molar-refractivity contribution in [3.05, 3.63) is 101 Å². The SMILES string of the molecule is CCOC(=O)CC(C)N1C(=O)c2cc(CCC(=O)NCCNC(=O)OC(C)(C)C)ccc2N(Cc2ccccc2)C(=O)C1c1ccccc1. The van der Waals surface area contributed by atoms with Gasteiger partial charge in [0.2, 0.25) is 5.91 Å². The number of nitrogens with one attached hydrogen (secondary N) is 2. The number of hydrogen-bond acceptors (Lipinski definition) is 7. The van der Waals surface area contributed by atoms with Crippen molar-refractivity contribution < 1.29 is 33.4 Å². The van der Waals surface area contributed by atoms with E-state index in [9.17, 15) is 24.0 Å². The molecule has 0 radical (unpaired) electrons. The number of nitrogens with zero attached hydrogens (tertiary/aromatic N) is 2. The molecule has 4 amide bonds. The number of anilines is 1. The number of esters is 1. The van der Waals surface area contributed by atoms with Crippen molar-refractivity contribution in [2.75, 3.05) is 24.6 Å². The molecule has 11 heteroatoms. The normalized spacial score (nSPS) is 15.2. The van der Waals surface area contributed by atoms with E-state index in [4.69, 9.17) is 9.47 Å². The lowest BCUT2D eigenvalue weighted by Crippen LogP contribution is -2.47. The molecule has 4 rings (SSSR count). The maximum Gasteiger partial charge on any atom is 0.407 e. The molecular formula is C38H46N4O7. The van der Waals surface area contributed by atoms with Crippen LogP contribution in [0.5, 0.6) is 0 Å². The lowest BCUT2D eigenvalue weighted by atomic mass is 10.00. The van der Waals surface area contributed by atoms with Crippen molar-refractivity contribution in [3.63, 3.8) is 0 Å². The van der Waals surface area contributed by atoms with E-state index in [0.717, 1.165) is 11.1 Å². The van der Waals surface area contributed by atoms with Crippen molar-refractivity contribution in [1.82, 2.24) is 15.5 Å². The molecular weight excluding hydrogens is 624 g/mol. The molecule has 0 aromatic heterocycles. The number of aryl methyl sites for hydroxylation is 1. The molecule has 1 aliphatic heterocycles. The van der Waals surface area contributed by atoms with E-state index in [1.165, 1.54) is 4.90 Å². The molecule has 0 fully saturated rings. The number of amides is 4. The zero-order valence-electron chi connectivity index (χ0n) is 28.9. The predicted molar refractivity (Wildman–Crippen MR) is 186 cm³/mol. The monoisotopic (exact) mass is 670 g/mol. The first-order chi connectivity index (χ1) is 23.4. The van der Waals surface area contributed by atoms with Crippen LogP contribution in [0.15, 0.2) is 78.9 Å². The number of fused-ring (bicyclic) bond motifs is 1. The third kappa shape index (κ3) is 10.2. The largest absolute Gasteiger partial charge is 0.466 e. The van der Waals surface area contributed by atoms with Crippen LogP contribution >= 0.6 is 0 Å². The van der Waals surface area contributed by atoms with E-state index in [1.807, 2.05) is 66.7 Å². The summed E-state index contributed by atoms with van der Waals surface area (Å²) < 4.78 is 10.4. The van der Waals surface area contributed by atoms with Crippen LogP contribution in [-0.2, 0) is 36.8 Å². The van der Waals surface area contributed by atoms with Crippen molar-refractivity contribution >= 4 is 35.5 Å². The molecule has 11 nitrogen and oxygen atoms in total. The molecule has 260 valence electrons. The van der Waals surface area contributed by atoms with Crippen LogP contribution in [0.1, 0.15) is 80.6 Å². The summed E-state index contributed by atoms with van der Waals surface area (Å²) in [6, 6.07) is 22.3. The Morgan fingerprint density at radius 1 is 0.878 bits per heavy atom. The maximum atomic E-state index is 14.6. The third-order valence-corrected chi connectivity index (χ3v) is 7.89. The number of alkyl carbamates (subject to hydrolysis) is 1. The Morgan fingerprint density at radius 2 is 1.53 bits per heavy atom. The zero-order chi connectivity index (χ0) is 35.6. The van der Waals surface area contributed by atoms with Crippen LogP contribution in [0.3, 0.4) is 0 Å². The van der Waals surface area contributed by atoms with Gasteiger partial charge >= 0.3 is 12.1 Å². The van der Waals surface area contributed by atoms with Gasteiger partial charge in [0.25, 0.3) is 11.8 Å². The highest BCUT2D eigenvalue weighted by Gasteiger charge is 2.43. The number of ether oxygens (including phenoxy) is 2. The minimum Gasteiger partial charge on any atom is -0.466 e. The van der Waals surface area contributed by atoms with Crippen LogP contribution in [0.25, 0.3) is 0 Å². The topological polar surface area (TPSA) is 134 Å². The van der Waals surface area contributed by atoms with E-state index >= 15 is 0 Å². The minimum atomic E-state index is -1.00. The van der Waals surface area contributed by atoms with Crippen molar-refractivity contribution in [2.24, 2.45) is 0 Å². The van der Waals surface area contributed by atoms with Crippen molar-refractivity contribution in [2.45, 2.75) is 78.1 Å². The van der Waals surface area contributed by atoms with Crippen LogP contribution in [0.2, 0.25) is 0 Å². The van der Waals surface area contributed by atoms with Gasteiger partial charge in [0, 0.05) is 25.6 Å². The first-order valence-corrected chi connectivity index (χ1v) is 16.6. The van der Waals surface area contributed by atoms with Gasteiger partial charge in [-0.1, -0.05) is 66.7 Å². The van der Waals surface area contributed by atoms with Gasteiger partial charge in [0.05, 0.1) is 30.8 Å². The molecule has 0 bridgehead atoms. The Morgan fingerprint density at radius 3 is 2.18 bits per heavy atom. The smallest absolute Gasteiger partial charge is 0.407 e. The maximum absolute atomic E-state index is 14.6. The number of rotatable bonds is 13. The van der Waals surface area contributed by atoms with E-state index in [2.05, 4.69) is 10.6 Å². The molecule has 2 N–H and O–H groups in total. The summed E-state index contributed by atoms with van der Waals surface area (Å²) in [5.41, 5.74) is 2.38. The van der Waals surface area contributed by atoms with E-state index in [1.54, 1.807) is 51.7 Å². The molecule has 2 atom stereocenters. The molecule has 1 heterocycles. The van der Waals surface area contributed by atoms with Crippen LogP contribution in [0.4, 0.5) is 10.5 Å². The van der Waals surface area contributed by atoms with Gasteiger partial charge in [0.1, 0.15) is 11.6 Å². The molecule has 0 saturated carbocycles. The van der Waals surface area contributed by atoms with Gasteiger partial charge in [-0.15, -0.1) is 0 Å². The Labute approximate surface area is 287 Å². The average Bonchev–Trinajstić information content (AvgIpc) is 3.14. The predicted octanol–water partition coefficient (Wildman–Crippen LogP) is 5.33. The summed E-state index contributed by atoms with van der Waals surface area (Å²) >= 11 is 0. The second-order valence-corrected chi connectivity index (χ2v) is 12.9. The number of hydrogen-bond donors (Lipinski definition) is 2. The minimum absolute atomic E-state index is 0.0904. The van der Waals surface area contributed by atoms with Gasteiger partial charge in [0.15, 0.2) is 0 Å². The molecule has 2 unspecified atom stereocenters. The van der Waals surface area contributed by atoms with Crippen LogP contribution in [-0.4, -0.2) is 66.0 Å². The summed E-state index contributed by atoms with van der Waals surface area (Å²) in [7, 11) is 0. The quantitative estimate of drug-likeness (QED) is 0.185. The van der Waals surface area contributed by atoms with Crippen LogP contribution < -0.4 is 15.5 Å². The Kier molecular flexibility index (Phi) is 12.5. The summed E-state index contributed by atoms with van der Waals surface area (Å²) in [4.78, 5) is 69.5. The highest BCUT2D eigenvalue weighted by molar-refractivity contribution is 6.11. The fourth-order valence-electron chi connectivity index (χ4n) is 5.70. The Balaban J connectivity index is 1.62. The van der Waals surface area contributed by atoms with Gasteiger partial charge < -0.3 is 29.9 Å². The lowest BCUT2D eigenvalue weighted by molar-refractivity contribution is -0.144. The fourth-order valence-corrected chi connectivity index (χ4v) is 5.70. The van der Waals surface area contributed by atoms with Crippen LogP contribution in [0, 0.1) is 0 Å². The third-order valence-electron chi connectivity index (χ3n) is 7.89. The molecule has 3 aromatic carbocycles. The zero-order valence-corrected chi connectivity index (χ0v) is 28.9. The molecule has 0 spiro atoms. The van der Waals surface area contributed by atoms with E-state index < -0.39 is 35.7 Å². The highest BCUT2D eigenvalue weighted by atomic mass is 16.6. The lowest BCUT2D eigenvalue weighted by Gasteiger charge is -2.35. The molecule has 3 aromatic rings. The van der Waals surface area contributed by atoms with Gasteiger partial charge in [-0.05, 0) is 69.9 Å². The first-order valence-electron chi connectivity index (χ1n) is 16.6. The van der Waals surface area contributed by atoms with Crippen molar-refractivity contribution in [3.8, 4) is 0 Å². The number of carbonyl (C=O) groups excluding carboxylic acids is 5. The highest BCUT2D eigenvalue weighted by Crippen LogP contribution is 2.38. The summed E-state index contributed by atoms with van der Waals surface area (Å²) in [6.45, 7) is 9.64. The van der Waals surface area contributed by atoms with E-state index in [0.29, 0.717) is 23.2 Å². The molecule has 49 heavy (non-hydrogen) atoms. The van der Waals surface area contributed by atoms with Gasteiger partial charge in [-0.25, -0.2) is 4.79 Å². The second kappa shape index (κ2) is 16.8. The number of carbonyl (C=O) groups is 5. The molecule has 1 aliphatic rings. The number of benzene rings is 3. The fraction of sp³-hybridized carbons (Fsp3) is 0.395. The standard InChI is InChI=1S/C38H46N4O7/c1-6-48-33(44)23-26(2)42-34(29-15-11-8-12-16-29)36(46)41(25-28-13-9-7-10-14-28)31-19-17-27(24-30(31)35(42)45)18-20-32(43)39-21-22-40-37(47)49-38(3,4)5/h7-17,19,24,26,34H,6,18,20-23,25H2,1-5H3,(H,39,43)(H,40,47). The summed E-state index contributed by atoms with van der Waals surface area (Å²) in [6.07, 6.45) is -0.176. The summed E-state index contributed by atoms with van der Waals surface area (Å²) in [5, 5.41) is 5.39. The van der Waals surface area contributed by atoms with Gasteiger partial charge in [-0.3, -0.25) is 19.2 Å². The second-order valence-electron chi connectivity index (χ2n) is 12.9. The molecule has 0 aliphatic carbocycles. The van der Waals surface area contributed by atoms with E-state index in [-0.39, 0.29) is 50.9 Å². The average molecular weight is 671 g/mol. The Hall–Kier alpha value is -5.19. The Bertz CT molecular complexity index is 1620. The van der Waals surface area contributed by atoms with Gasteiger partial charge in [-0.2, -0.15) is 0 Å².